The lowest BCUT2D eigenvalue weighted by molar-refractivity contribution is 0.0623. The molecule has 0 atom stereocenters. The number of aromatic amines is 1. The molecule has 2 heterocycles. The normalized spacial score (nSPS) is 14.6. The van der Waals surface area contributed by atoms with E-state index in [1.165, 1.54) is 0 Å². The Morgan fingerprint density at radius 3 is 2.39 bits per heavy atom. The number of carbonyl (C=O) groups is 1. The molecule has 5 rings (SSSR count). The SMILES string of the molecule is O=C(c1ccccc1Oc1ccccc1)N1CCN(Cc2nc3ccccc3[nH]2)CC1. The fourth-order valence-corrected chi connectivity index (χ4v) is 3.92. The maximum absolute atomic E-state index is 13.2. The molecule has 0 unspecified atom stereocenters. The first-order valence-corrected chi connectivity index (χ1v) is 10.5. The van der Waals surface area contributed by atoms with Crippen LogP contribution in [0.1, 0.15) is 16.2 Å². The highest BCUT2D eigenvalue weighted by Crippen LogP contribution is 2.26. The standard InChI is InChI=1S/C25H24N4O2/c30-25(20-10-4-7-13-23(20)31-19-8-2-1-3-9-19)29-16-14-28(15-17-29)18-24-26-21-11-5-6-12-22(21)27-24/h1-13H,14-18H2,(H,26,27). The van der Waals surface area contributed by atoms with Crippen molar-refractivity contribution in [3.8, 4) is 11.5 Å². The van der Waals surface area contributed by atoms with Gasteiger partial charge in [0.25, 0.3) is 5.91 Å². The number of aromatic nitrogens is 2. The molecule has 1 N–H and O–H groups in total. The van der Waals surface area contributed by atoms with Gasteiger partial charge in [0.2, 0.25) is 0 Å². The summed E-state index contributed by atoms with van der Waals surface area (Å²) in [5.74, 6) is 2.28. The molecular formula is C25H24N4O2. The Hall–Kier alpha value is -3.64. The van der Waals surface area contributed by atoms with E-state index in [-0.39, 0.29) is 5.91 Å². The summed E-state index contributed by atoms with van der Waals surface area (Å²) in [6.07, 6.45) is 0. The van der Waals surface area contributed by atoms with Crippen molar-refractivity contribution in [3.05, 3.63) is 90.3 Å². The number of rotatable bonds is 5. The number of carbonyl (C=O) groups excluding carboxylic acids is 1. The lowest BCUT2D eigenvalue weighted by atomic mass is 10.1. The second kappa shape index (κ2) is 8.62. The number of imidazole rings is 1. The molecule has 6 heteroatoms. The zero-order valence-corrected chi connectivity index (χ0v) is 17.2. The van der Waals surface area contributed by atoms with Gasteiger partial charge in [-0.3, -0.25) is 9.69 Å². The van der Waals surface area contributed by atoms with Gasteiger partial charge in [0.1, 0.15) is 17.3 Å². The van der Waals surface area contributed by atoms with Gasteiger partial charge in [0.15, 0.2) is 0 Å². The van der Waals surface area contributed by atoms with Crippen LogP contribution in [-0.2, 0) is 6.54 Å². The molecule has 1 saturated heterocycles. The van der Waals surface area contributed by atoms with Crippen LogP contribution < -0.4 is 4.74 Å². The summed E-state index contributed by atoms with van der Waals surface area (Å²) in [6.45, 7) is 3.73. The Morgan fingerprint density at radius 2 is 1.58 bits per heavy atom. The fraction of sp³-hybridized carbons (Fsp3) is 0.200. The summed E-state index contributed by atoms with van der Waals surface area (Å²) in [5, 5.41) is 0. The zero-order valence-electron chi connectivity index (χ0n) is 17.2. The number of fused-ring (bicyclic) bond motifs is 1. The van der Waals surface area contributed by atoms with Gasteiger partial charge in [0, 0.05) is 26.2 Å². The first-order valence-electron chi connectivity index (χ1n) is 10.5. The molecule has 1 aromatic heterocycles. The van der Waals surface area contributed by atoms with E-state index in [9.17, 15) is 4.79 Å². The number of hydrogen-bond donors (Lipinski definition) is 1. The van der Waals surface area contributed by atoms with Crippen molar-refractivity contribution in [3.63, 3.8) is 0 Å². The molecule has 0 radical (unpaired) electrons. The molecule has 3 aromatic carbocycles. The molecule has 1 amide bonds. The third-order valence-corrected chi connectivity index (χ3v) is 5.56. The van der Waals surface area contributed by atoms with Crippen molar-refractivity contribution in [2.45, 2.75) is 6.54 Å². The number of piperazine rings is 1. The largest absolute Gasteiger partial charge is 0.457 e. The highest BCUT2D eigenvalue weighted by Gasteiger charge is 2.25. The summed E-state index contributed by atoms with van der Waals surface area (Å²) in [4.78, 5) is 25.5. The Morgan fingerprint density at radius 1 is 0.871 bits per heavy atom. The van der Waals surface area contributed by atoms with Crippen molar-refractivity contribution in [1.82, 2.24) is 19.8 Å². The number of para-hydroxylation sites is 4. The van der Waals surface area contributed by atoms with E-state index in [4.69, 9.17) is 4.74 Å². The minimum atomic E-state index is 0.00918. The quantitative estimate of drug-likeness (QED) is 0.531. The maximum atomic E-state index is 13.2. The topological polar surface area (TPSA) is 61.5 Å². The molecular weight excluding hydrogens is 388 g/mol. The summed E-state index contributed by atoms with van der Waals surface area (Å²) in [7, 11) is 0. The highest BCUT2D eigenvalue weighted by atomic mass is 16.5. The minimum Gasteiger partial charge on any atom is -0.457 e. The summed E-state index contributed by atoms with van der Waals surface area (Å²) in [5.41, 5.74) is 2.64. The van der Waals surface area contributed by atoms with Gasteiger partial charge in [-0.2, -0.15) is 0 Å². The Labute approximate surface area is 181 Å². The second-order valence-electron chi connectivity index (χ2n) is 7.68. The second-order valence-corrected chi connectivity index (χ2v) is 7.68. The van der Waals surface area contributed by atoms with Crippen molar-refractivity contribution in [1.29, 1.82) is 0 Å². The maximum Gasteiger partial charge on any atom is 0.257 e. The first kappa shape index (κ1) is 19.3. The Balaban J connectivity index is 1.23. The van der Waals surface area contributed by atoms with E-state index in [0.717, 1.165) is 42.2 Å². The molecule has 0 saturated carbocycles. The molecule has 0 aliphatic carbocycles. The molecule has 6 nitrogen and oxygen atoms in total. The van der Waals surface area contributed by atoms with E-state index >= 15 is 0 Å². The molecule has 4 aromatic rings. The number of hydrogen-bond acceptors (Lipinski definition) is 4. The van der Waals surface area contributed by atoms with E-state index < -0.39 is 0 Å². The Bertz CT molecular complexity index is 1150. The first-order chi connectivity index (χ1) is 15.3. The smallest absolute Gasteiger partial charge is 0.257 e. The predicted molar refractivity (Wildman–Crippen MR) is 120 cm³/mol. The van der Waals surface area contributed by atoms with E-state index in [1.807, 2.05) is 83.8 Å². The molecule has 0 spiro atoms. The molecule has 1 fully saturated rings. The van der Waals surface area contributed by atoms with Crippen LogP contribution in [0.3, 0.4) is 0 Å². The predicted octanol–water partition coefficient (Wildman–Crippen LogP) is 4.31. The molecule has 156 valence electrons. The van der Waals surface area contributed by atoms with Gasteiger partial charge in [-0.05, 0) is 36.4 Å². The highest BCUT2D eigenvalue weighted by molar-refractivity contribution is 5.97. The van der Waals surface area contributed by atoms with Crippen LogP contribution in [0, 0.1) is 0 Å². The van der Waals surface area contributed by atoms with Crippen LogP contribution in [-0.4, -0.2) is 51.9 Å². The average Bonchev–Trinajstić information content (AvgIpc) is 3.22. The van der Waals surface area contributed by atoms with Gasteiger partial charge >= 0.3 is 0 Å². The average molecular weight is 412 g/mol. The monoisotopic (exact) mass is 412 g/mol. The number of amides is 1. The van der Waals surface area contributed by atoms with Crippen LogP contribution in [0.2, 0.25) is 0 Å². The number of ether oxygens (including phenoxy) is 1. The van der Waals surface area contributed by atoms with Gasteiger partial charge in [-0.25, -0.2) is 4.98 Å². The third kappa shape index (κ3) is 4.29. The van der Waals surface area contributed by atoms with Crippen molar-refractivity contribution in [2.75, 3.05) is 26.2 Å². The number of nitrogens with zero attached hydrogens (tertiary/aromatic N) is 3. The van der Waals surface area contributed by atoms with Crippen LogP contribution >= 0.6 is 0 Å². The van der Waals surface area contributed by atoms with Crippen LogP contribution in [0.15, 0.2) is 78.9 Å². The van der Waals surface area contributed by atoms with E-state index in [2.05, 4.69) is 14.9 Å². The van der Waals surface area contributed by atoms with E-state index in [0.29, 0.717) is 24.4 Å². The van der Waals surface area contributed by atoms with E-state index in [1.54, 1.807) is 0 Å². The summed E-state index contributed by atoms with van der Waals surface area (Å²) < 4.78 is 5.98. The molecule has 31 heavy (non-hydrogen) atoms. The minimum absolute atomic E-state index is 0.00918. The number of nitrogens with one attached hydrogen (secondary N) is 1. The fourth-order valence-electron chi connectivity index (χ4n) is 3.92. The van der Waals surface area contributed by atoms with Crippen molar-refractivity contribution in [2.24, 2.45) is 0 Å². The van der Waals surface area contributed by atoms with Crippen LogP contribution in [0.4, 0.5) is 0 Å². The van der Waals surface area contributed by atoms with Crippen LogP contribution in [0.25, 0.3) is 11.0 Å². The third-order valence-electron chi connectivity index (χ3n) is 5.56. The molecule has 1 aliphatic rings. The van der Waals surface area contributed by atoms with Crippen LogP contribution in [0.5, 0.6) is 11.5 Å². The Kier molecular flexibility index (Phi) is 5.37. The zero-order chi connectivity index (χ0) is 21.0. The lowest BCUT2D eigenvalue weighted by Crippen LogP contribution is -2.48. The number of H-pyrrole nitrogens is 1. The van der Waals surface area contributed by atoms with Gasteiger partial charge in [-0.1, -0.05) is 42.5 Å². The lowest BCUT2D eigenvalue weighted by Gasteiger charge is -2.34. The van der Waals surface area contributed by atoms with Gasteiger partial charge < -0.3 is 14.6 Å². The van der Waals surface area contributed by atoms with Crippen molar-refractivity contribution < 1.29 is 9.53 Å². The number of benzene rings is 3. The van der Waals surface area contributed by atoms with Crippen molar-refractivity contribution >= 4 is 16.9 Å². The van der Waals surface area contributed by atoms with Gasteiger partial charge in [0.05, 0.1) is 23.1 Å². The molecule has 1 aliphatic heterocycles. The molecule has 0 bridgehead atoms. The summed E-state index contributed by atoms with van der Waals surface area (Å²) in [6, 6.07) is 25.1. The summed E-state index contributed by atoms with van der Waals surface area (Å²) >= 11 is 0. The van der Waals surface area contributed by atoms with Gasteiger partial charge in [-0.15, -0.1) is 0 Å².